The van der Waals surface area contributed by atoms with E-state index in [-0.39, 0.29) is 12.0 Å². The smallest absolute Gasteiger partial charge is 0.131 e. The van der Waals surface area contributed by atoms with E-state index in [1.165, 1.54) is 6.07 Å². The van der Waals surface area contributed by atoms with Gasteiger partial charge in [0.2, 0.25) is 0 Å². The zero-order chi connectivity index (χ0) is 14.0. The van der Waals surface area contributed by atoms with Gasteiger partial charge in [-0.1, -0.05) is 0 Å². The minimum Gasteiger partial charge on any atom is -0.388 e. The van der Waals surface area contributed by atoms with Crippen LogP contribution in [0.15, 0.2) is 24.5 Å². The minimum atomic E-state index is -1.01. The summed E-state index contributed by atoms with van der Waals surface area (Å²) in [7, 11) is 0. The first-order valence-electron chi connectivity index (χ1n) is 6.16. The Bertz CT molecular complexity index is 581. The molecule has 0 amide bonds. The normalized spacial score (nSPS) is 12.7. The predicted octanol–water partition coefficient (Wildman–Crippen LogP) is 2.77. The summed E-state index contributed by atoms with van der Waals surface area (Å²) >= 11 is 0. The number of halogens is 2. The Kier molecular flexibility index (Phi) is 3.95. The van der Waals surface area contributed by atoms with E-state index in [0.717, 1.165) is 18.2 Å². The van der Waals surface area contributed by atoms with Crippen molar-refractivity contribution in [3.05, 3.63) is 52.9 Å². The fourth-order valence-electron chi connectivity index (χ4n) is 1.95. The number of hydrogen-bond donors (Lipinski definition) is 1. The third-order valence-corrected chi connectivity index (χ3v) is 3.08. The second-order valence-electron chi connectivity index (χ2n) is 4.55. The van der Waals surface area contributed by atoms with Gasteiger partial charge in [-0.25, -0.2) is 8.78 Å². The number of aromatic nitrogens is 2. The van der Waals surface area contributed by atoms with Crippen LogP contribution in [0.4, 0.5) is 8.78 Å². The fourth-order valence-corrected chi connectivity index (χ4v) is 1.95. The van der Waals surface area contributed by atoms with E-state index in [9.17, 15) is 13.9 Å². The lowest BCUT2D eigenvalue weighted by Crippen LogP contribution is -2.05. The largest absolute Gasteiger partial charge is 0.388 e. The zero-order valence-electron chi connectivity index (χ0n) is 10.9. The first-order valence-corrected chi connectivity index (χ1v) is 6.16. The Morgan fingerprint density at radius 1 is 1.32 bits per heavy atom. The fraction of sp³-hybridized carbons (Fsp3) is 0.357. The lowest BCUT2D eigenvalue weighted by Gasteiger charge is -2.12. The van der Waals surface area contributed by atoms with Crippen LogP contribution in [0.3, 0.4) is 0 Å². The van der Waals surface area contributed by atoms with Crippen LogP contribution in [0.25, 0.3) is 0 Å². The summed E-state index contributed by atoms with van der Waals surface area (Å²) in [5.41, 5.74) is 1.25. The molecule has 0 bridgehead atoms. The van der Waals surface area contributed by atoms with Gasteiger partial charge in [0.25, 0.3) is 0 Å². The highest BCUT2D eigenvalue weighted by Gasteiger charge is 2.16. The van der Waals surface area contributed by atoms with Gasteiger partial charge in [0.05, 0.1) is 12.3 Å². The van der Waals surface area contributed by atoms with Gasteiger partial charge in [-0.3, -0.25) is 4.68 Å². The van der Waals surface area contributed by atoms with Crippen molar-refractivity contribution in [2.75, 3.05) is 0 Å². The number of hydrogen-bond acceptors (Lipinski definition) is 2. The summed E-state index contributed by atoms with van der Waals surface area (Å²) < 4.78 is 28.5. The van der Waals surface area contributed by atoms with Gasteiger partial charge in [0, 0.05) is 30.8 Å². The molecule has 0 aliphatic carbocycles. The van der Waals surface area contributed by atoms with Crippen LogP contribution in [0, 0.1) is 18.6 Å². The molecule has 1 heterocycles. The Morgan fingerprint density at radius 3 is 2.68 bits per heavy atom. The van der Waals surface area contributed by atoms with Crippen LogP contribution in [-0.2, 0) is 13.0 Å². The molecule has 19 heavy (non-hydrogen) atoms. The molecule has 1 N–H and O–H groups in total. The van der Waals surface area contributed by atoms with Crippen LogP contribution >= 0.6 is 0 Å². The second-order valence-corrected chi connectivity index (χ2v) is 4.55. The Hall–Kier alpha value is -1.75. The molecule has 0 saturated carbocycles. The predicted molar refractivity (Wildman–Crippen MR) is 67.7 cm³/mol. The first kappa shape index (κ1) is 13.7. The van der Waals surface area contributed by atoms with Crippen LogP contribution in [0.5, 0.6) is 0 Å². The monoisotopic (exact) mass is 266 g/mol. The number of aliphatic hydroxyl groups is 1. The second kappa shape index (κ2) is 5.48. The third-order valence-electron chi connectivity index (χ3n) is 3.08. The summed E-state index contributed by atoms with van der Waals surface area (Å²) in [6.45, 7) is 4.23. The lowest BCUT2D eigenvalue weighted by atomic mass is 10.0. The molecule has 2 aromatic rings. The SMILES string of the molecule is CCn1cc(CC(O)c2cc(C)c(F)cc2F)cn1. The number of nitrogens with zero attached hydrogens (tertiary/aromatic N) is 2. The van der Waals surface area contributed by atoms with Crippen molar-refractivity contribution in [3.8, 4) is 0 Å². The van der Waals surface area contributed by atoms with E-state index in [0.29, 0.717) is 5.56 Å². The van der Waals surface area contributed by atoms with E-state index in [2.05, 4.69) is 5.10 Å². The number of rotatable bonds is 4. The summed E-state index contributed by atoms with van der Waals surface area (Å²) in [4.78, 5) is 0. The minimum absolute atomic E-state index is 0.114. The molecule has 1 aromatic carbocycles. The molecule has 102 valence electrons. The topological polar surface area (TPSA) is 38.0 Å². The standard InChI is InChI=1S/C14H16F2N2O/c1-3-18-8-10(7-17-18)5-14(19)11-4-9(2)12(15)6-13(11)16/h4,6-8,14,19H,3,5H2,1-2H3. The summed E-state index contributed by atoms with van der Waals surface area (Å²) in [5.74, 6) is -1.33. The van der Waals surface area contributed by atoms with Crippen LogP contribution in [0.1, 0.15) is 29.7 Å². The molecule has 0 aliphatic rings. The summed E-state index contributed by atoms with van der Waals surface area (Å²) in [6, 6.07) is 2.16. The summed E-state index contributed by atoms with van der Waals surface area (Å²) in [5, 5.41) is 14.1. The van der Waals surface area contributed by atoms with Gasteiger partial charge >= 0.3 is 0 Å². The molecule has 0 spiro atoms. The number of aliphatic hydroxyl groups excluding tert-OH is 1. The third kappa shape index (κ3) is 2.98. The van der Waals surface area contributed by atoms with Crippen LogP contribution in [-0.4, -0.2) is 14.9 Å². The Morgan fingerprint density at radius 2 is 2.05 bits per heavy atom. The Labute approximate surface area is 110 Å². The highest BCUT2D eigenvalue weighted by molar-refractivity contribution is 5.28. The van der Waals surface area contributed by atoms with Crippen molar-refractivity contribution in [3.63, 3.8) is 0 Å². The molecule has 1 atom stereocenters. The Balaban J connectivity index is 2.19. The molecular weight excluding hydrogens is 250 g/mol. The highest BCUT2D eigenvalue weighted by atomic mass is 19.1. The molecule has 5 heteroatoms. The molecular formula is C14H16F2N2O. The molecule has 3 nitrogen and oxygen atoms in total. The van der Waals surface area contributed by atoms with Crippen molar-refractivity contribution >= 4 is 0 Å². The van der Waals surface area contributed by atoms with Gasteiger partial charge in [0.15, 0.2) is 0 Å². The molecule has 0 saturated heterocycles. The highest BCUT2D eigenvalue weighted by Crippen LogP contribution is 2.23. The van der Waals surface area contributed by atoms with Crippen molar-refractivity contribution < 1.29 is 13.9 Å². The van der Waals surface area contributed by atoms with Crippen molar-refractivity contribution in [1.29, 1.82) is 0 Å². The molecule has 2 rings (SSSR count). The van der Waals surface area contributed by atoms with Crippen molar-refractivity contribution in [2.45, 2.75) is 32.9 Å². The quantitative estimate of drug-likeness (QED) is 0.924. The lowest BCUT2D eigenvalue weighted by molar-refractivity contribution is 0.173. The number of aryl methyl sites for hydroxylation is 2. The van der Waals surface area contributed by atoms with Gasteiger partial charge in [-0.05, 0) is 31.0 Å². The summed E-state index contributed by atoms with van der Waals surface area (Å²) in [6.07, 6.45) is 2.69. The zero-order valence-corrected chi connectivity index (χ0v) is 10.9. The van der Waals surface area contributed by atoms with Crippen molar-refractivity contribution in [1.82, 2.24) is 9.78 Å². The van der Waals surface area contributed by atoms with Gasteiger partial charge in [-0.2, -0.15) is 5.10 Å². The van der Waals surface area contributed by atoms with E-state index in [1.54, 1.807) is 24.0 Å². The van der Waals surface area contributed by atoms with E-state index in [4.69, 9.17) is 0 Å². The van der Waals surface area contributed by atoms with E-state index in [1.807, 2.05) is 6.92 Å². The van der Waals surface area contributed by atoms with Gasteiger partial charge in [-0.15, -0.1) is 0 Å². The molecule has 0 aliphatic heterocycles. The number of benzene rings is 1. The van der Waals surface area contributed by atoms with Crippen LogP contribution in [0.2, 0.25) is 0 Å². The van der Waals surface area contributed by atoms with E-state index < -0.39 is 17.7 Å². The van der Waals surface area contributed by atoms with Gasteiger partial charge in [0.1, 0.15) is 11.6 Å². The maximum atomic E-state index is 13.6. The molecule has 1 aromatic heterocycles. The maximum Gasteiger partial charge on any atom is 0.131 e. The van der Waals surface area contributed by atoms with Crippen LogP contribution < -0.4 is 0 Å². The van der Waals surface area contributed by atoms with Crippen molar-refractivity contribution in [2.24, 2.45) is 0 Å². The molecule has 1 unspecified atom stereocenters. The molecule has 0 radical (unpaired) electrons. The van der Waals surface area contributed by atoms with E-state index >= 15 is 0 Å². The maximum absolute atomic E-state index is 13.6. The average molecular weight is 266 g/mol. The average Bonchev–Trinajstić information content (AvgIpc) is 2.81. The van der Waals surface area contributed by atoms with Gasteiger partial charge < -0.3 is 5.11 Å². The molecule has 0 fully saturated rings. The first-order chi connectivity index (χ1) is 9.01.